The standard InChI is InChI=1S/C9H19NO6S2/c1-7(2)6-8(9(11)12)10-18(15,16)5-4-17(3,13)14/h7-8,10H,4-6H2,1-3H3,(H,11,12)/t8-/m1/s1. The highest BCUT2D eigenvalue weighted by molar-refractivity contribution is 7.93. The molecule has 9 heteroatoms. The van der Waals surface area contributed by atoms with Gasteiger partial charge in [0.05, 0.1) is 11.5 Å². The molecule has 1 atom stereocenters. The molecule has 0 saturated heterocycles. The van der Waals surface area contributed by atoms with Crippen LogP contribution >= 0.6 is 0 Å². The van der Waals surface area contributed by atoms with Crippen molar-refractivity contribution in [1.29, 1.82) is 0 Å². The van der Waals surface area contributed by atoms with Gasteiger partial charge in [0.1, 0.15) is 15.9 Å². The van der Waals surface area contributed by atoms with E-state index in [0.29, 0.717) is 0 Å². The van der Waals surface area contributed by atoms with Crippen molar-refractivity contribution < 1.29 is 26.7 Å². The highest BCUT2D eigenvalue weighted by Crippen LogP contribution is 2.06. The first-order chi connectivity index (χ1) is 7.93. The molecule has 108 valence electrons. The number of rotatable bonds is 8. The summed E-state index contributed by atoms with van der Waals surface area (Å²) in [6.45, 7) is 3.53. The van der Waals surface area contributed by atoms with Gasteiger partial charge in [0, 0.05) is 6.26 Å². The third-order valence-electron chi connectivity index (χ3n) is 2.05. The Morgan fingerprint density at radius 2 is 1.67 bits per heavy atom. The predicted molar refractivity (Wildman–Crippen MR) is 67.5 cm³/mol. The van der Waals surface area contributed by atoms with Gasteiger partial charge < -0.3 is 5.11 Å². The molecule has 18 heavy (non-hydrogen) atoms. The molecule has 0 unspecified atom stereocenters. The molecule has 0 aromatic carbocycles. The maximum absolute atomic E-state index is 11.5. The van der Waals surface area contributed by atoms with Crippen molar-refractivity contribution in [3.8, 4) is 0 Å². The Bertz CT molecular complexity index is 479. The third-order valence-corrected chi connectivity index (χ3v) is 4.64. The molecule has 0 saturated carbocycles. The van der Waals surface area contributed by atoms with E-state index in [9.17, 15) is 21.6 Å². The molecular formula is C9H19NO6S2. The first kappa shape index (κ1) is 17.3. The molecule has 7 nitrogen and oxygen atoms in total. The van der Waals surface area contributed by atoms with Crippen LogP contribution in [-0.2, 0) is 24.7 Å². The summed E-state index contributed by atoms with van der Waals surface area (Å²) < 4.78 is 46.8. The molecule has 0 aromatic rings. The van der Waals surface area contributed by atoms with Gasteiger partial charge in [0.25, 0.3) is 0 Å². The molecule has 0 aliphatic heterocycles. The van der Waals surface area contributed by atoms with E-state index in [2.05, 4.69) is 0 Å². The molecule has 0 aliphatic carbocycles. The normalized spacial score (nSPS) is 14.7. The van der Waals surface area contributed by atoms with Gasteiger partial charge in [-0.1, -0.05) is 13.8 Å². The van der Waals surface area contributed by atoms with Crippen LogP contribution in [0.15, 0.2) is 0 Å². The van der Waals surface area contributed by atoms with Crippen LogP contribution in [0.4, 0.5) is 0 Å². The molecule has 0 spiro atoms. The van der Waals surface area contributed by atoms with Crippen molar-refractivity contribution in [2.75, 3.05) is 17.8 Å². The van der Waals surface area contributed by atoms with Crippen molar-refractivity contribution in [3.05, 3.63) is 0 Å². The summed E-state index contributed by atoms with van der Waals surface area (Å²) in [5.74, 6) is -2.43. The van der Waals surface area contributed by atoms with E-state index in [1.807, 2.05) is 4.72 Å². The average molecular weight is 301 g/mol. The average Bonchev–Trinajstić information content (AvgIpc) is 2.11. The first-order valence-corrected chi connectivity index (χ1v) is 9.05. The van der Waals surface area contributed by atoms with Gasteiger partial charge in [-0.2, -0.15) is 0 Å². The first-order valence-electron chi connectivity index (χ1n) is 5.33. The number of sulfone groups is 1. The van der Waals surface area contributed by atoms with E-state index < -0.39 is 43.4 Å². The summed E-state index contributed by atoms with van der Waals surface area (Å²) in [6.07, 6.45) is 1.07. The summed E-state index contributed by atoms with van der Waals surface area (Å²) in [5.41, 5.74) is 0. The van der Waals surface area contributed by atoms with E-state index >= 15 is 0 Å². The van der Waals surface area contributed by atoms with Crippen molar-refractivity contribution >= 4 is 25.8 Å². The number of nitrogens with one attached hydrogen (secondary N) is 1. The van der Waals surface area contributed by atoms with Crippen LogP contribution in [0.5, 0.6) is 0 Å². The van der Waals surface area contributed by atoms with Crippen LogP contribution in [0, 0.1) is 5.92 Å². The van der Waals surface area contributed by atoms with Crippen molar-refractivity contribution in [2.45, 2.75) is 26.3 Å². The lowest BCUT2D eigenvalue weighted by Crippen LogP contribution is -2.43. The Morgan fingerprint density at radius 1 is 1.17 bits per heavy atom. The van der Waals surface area contributed by atoms with E-state index in [-0.39, 0.29) is 12.3 Å². The number of hydrogen-bond donors (Lipinski definition) is 2. The topological polar surface area (TPSA) is 118 Å². The van der Waals surface area contributed by atoms with E-state index in [1.165, 1.54) is 0 Å². The number of aliphatic carboxylic acids is 1. The third kappa shape index (κ3) is 8.43. The zero-order valence-electron chi connectivity index (χ0n) is 10.6. The Labute approximate surface area is 108 Å². The molecule has 0 aromatic heterocycles. The minimum absolute atomic E-state index is 0.00343. The van der Waals surface area contributed by atoms with Gasteiger partial charge in [-0.15, -0.1) is 0 Å². The lowest BCUT2D eigenvalue weighted by molar-refractivity contribution is -0.139. The predicted octanol–water partition coefficient (Wildman–Crippen LogP) is -0.550. The summed E-state index contributed by atoms with van der Waals surface area (Å²) in [6, 6.07) is -1.23. The molecular weight excluding hydrogens is 282 g/mol. The van der Waals surface area contributed by atoms with Gasteiger partial charge in [-0.25, -0.2) is 21.6 Å². The quantitative estimate of drug-likeness (QED) is 0.621. The minimum atomic E-state index is -3.91. The van der Waals surface area contributed by atoms with Gasteiger partial charge in [-0.05, 0) is 12.3 Å². The SMILES string of the molecule is CC(C)C[C@@H](NS(=O)(=O)CCS(C)(=O)=O)C(=O)O. The van der Waals surface area contributed by atoms with Gasteiger partial charge in [0.2, 0.25) is 10.0 Å². The minimum Gasteiger partial charge on any atom is -0.480 e. The molecule has 0 amide bonds. The highest BCUT2D eigenvalue weighted by atomic mass is 32.2. The van der Waals surface area contributed by atoms with Gasteiger partial charge in [0.15, 0.2) is 0 Å². The van der Waals surface area contributed by atoms with Crippen LogP contribution in [0.2, 0.25) is 0 Å². The molecule has 0 bridgehead atoms. The zero-order chi connectivity index (χ0) is 14.6. The number of carboxylic acid groups (broad SMARTS) is 1. The summed E-state index contributed by atoms with van der Waals surface area (Å²) >= 11 is 0. The molecule has 0 rings (SSSR count). The maximum atomic E-state index is 11.5. The van der Waals surface area contributed by atoms with Crippen LogP contribution in [-0.4, -0.2) is 51.7 Å². The molecule has 2 N–H and O–H groups in total. The lowest BCUT2D eigenvalue weighted by Gasteiger charge is -2.16. The monoisotopic (exact) mass is 301 g/mol. The Hall–Kier alpha value is -0.670. The van der Waals surface area contributed by atoms with Gasteiger partial charge >= 0.3 is 5.97 Å². The molecule has 0 heterocycles. The number of hydrogen-bond acceptors (Lipinski definition) is 5. The number of carbonyl (C=O) groups is 1. The van der Waals surface area contributed by atoms with Crippen LogP contribution in [0.25, 0.3) is 0 Å². The Morgan fingerprint density at radius 3 is 2.00 bits per heavy atom. The van der Waals surface area contributed by atoms with Crippen molar-refractivity contribution in [1.82, 2.24) is 4.72 Å². The van der Waals surface area contributed by atoms with E-state index in [0.717, 1.165) is 6.26 Å². The summed E-state index contributed by atoms with van der Waals surface area (Å²) in [4.78, 5) is 10.9. The fraction of sp³-hybridized carbons (Fsp3) is 0.889. The van der Waals surface area contributed by atoms with E-state index in [4.69, 9.17) is 5.11 Å². The van der Waals surface area contributed by atoms with Crippen LogP contribution in [0.3, 0.4) is 0 Å². The molecule has 0 aliphatic rings. The Balaban J connectivity index is 4.67. The van der Waals surface area contributed by atoms with Crippen molar-refractivity contribution in [2.24, 2.45) is 5.92 Å². The molecule has 0 fully saturated rings. The van der Waals surface area contributed by atoms with Crippen LogP contribution < -0.4 is 4.72 Å². The summed E-state index contributed by atoms with van der Waals surface area (Å²) in [5, 5.41) is 8.87. The van der Waals surface area contributed by atoms with Crippen molar-refractivity contribution in [3.63, 3.8) is 0 Å². The van der Waals surface area contributed by atoms with Gasteiger partial charge in [-0.3, -0.25) is 4.79 Å². The Kier molecular flexibility index (Phi) is 6.24. The second-order valence-corrected chi connectivity index (χ2v) is 8.72. The van der Waals surface area contributed by atoms with E-state index in [1.54, 1.807) is 13.8 Å². The van der Waals surface area contributed by atoms with Crippen LogP contribution in [0.1, 0.15) is 20.3 Å². The zero-order valence-corrected chi connectivity index (χ0v) is 12.2. The largest absolute Gasteiger partial charge is 0.480 e. The maximum Gasteiger partial charge on any atom is 0.321 e. The second-order valence-electron chi connectivity index (χ2n) is 4.59. The second kappa shape index (κ2) is 6.48. The lowest BCUT2D eigenvalue weighted by atomic mass is 10.1. The summed E-state index contributed by atoms with van der Waals surface area (Å²) in [7, 11) is -7.32. The fourth-order valence-corrected chi connectivity index (χ4v) is 4.04. The molecule has 0 radical (unpaired) electrons. The fourth-order valence-electron chi connectivity index (χ4n) is 1.21. The smallest absolute Gasteiger partial charge is 0.321 e. The number of sulfonamides is 1. The highest BCUT2D eigenvalue weighted by Gasteiger charge is 2.25. The number of carboxylic acids is 1.